The minimum absolute atomic E-state index is 0.0536. The zero-order valence-corrected chi connectivity index (χ0v) is 20.7. The van der Waals surface area contributed by atoms with E-state index in [-0.39, 0.29) is 26.1 Å². The molecule has 7 nitrogen and oxygen atoms in total. The maximum atomic E-state index is 13.6. The van der Waals surface area contributed by atoms with Crippen molar-refractivity contribution in [1.82, 2.24) is 10.2 Å². The molecule has 0 saturated heterocycles. The van der Waals surface area contributed by atoms with Crippen LogP contribution in [0.25, 0.3) is 0 Å². The van der Waals surface area contributed by atoms with Crippen LogP contribution in [0.4, 0.5) is 18.0 Å². The fourth-order valence-electron chi connectivity index (χ4n) is 3.31. The molecule has 196 valence electrons. The highest BCUT2D eigenvalue weighted by Crippen LogP contribution is 2.29. The van der Waals surface area contributed by atoms with Crippen LogP contribution in [0.15, 0.2) is 54.6 Å². The molecule has 0 aromatic heterocycles. The van der Waals surface area contributed by atoms with Crippen molar-refractivity contribution in [1.29, 1.82) is 0 Å². The van der Waals surface area contributed by atoms with Gasteiger partial charge in [-0.05, 0) is 51.0 Å². The molecule has 2 rings (SSSR count). The number of nitrogens with zero attached hydrogens (tertiary/aromatic N) is 1. The lowest BCUT2D eigenvalue weighted by atomic mass is 10.0. The predicted octanol–water partition coefficient (Wildman–Crippen LogP) is 4.73. The van der Waals surface area contributed by atoms with Crippen LogP contribution in [-0.2, 0) is 38.2 Å². The Morgan fingerprint density at radius 2 is 1.56 bits per heavy atom. The number of hydrogen-bond donors (Lipinski definition) is 1. The molecule has 0 unspecified atom stereocenters. The summed E-state index contributed by atoms with van der Waals surface area (Å²) in [6, 6.07) is 12.0. The highest BCUT2D eigenvalue weighted by Gasteiger charge is 2.32. The highest BCUT2D eigenvalue weighted by molar-refractivity contribution is 5.88. The Hall–Kier alpha value is -3.56. The summed E-state index contributed by atoms with van der Waals surface area (Å²) in [7, 11) is 0. The van der Waals surface area contributed by atoms with Crippen LogP contribution in [0.2, 0.25) is 0 Å². The zero-order chi connectivity index (χ0) is 26.9. The third kappa shape index (κ3) is 9.59. The summed E-state index contributed by atoms with van der Waals surface area (Å²) in [6.07, 6.45) is -5.50. The molecule has 0 aliphatic rings. The first-order chi connectivity index (χ1) is 16.8. The first-order valence-electron chi connectivity index (χ1n) is 11.4. The number of alkyl carbamates (subject to hydrolysis) is 1. The number of carbonyl (C=O) groups is 3. The molecule has 2 aromatic rings. The van der Waals surface area contributed by atoms with E-state index >= 15 is 0 Å². The molecule has 0 radical (unpaired) electrons. The lowest BCUT2D eigenvalue weighted by Crippen LogP contribution is -2.51. The first kappa shape index (κ1) is 28.7. The van der Waals surface area contributed by atoms with E-state index in [9.17, 15) is 27.6 Å². The summed E-state index contributed by atoms with van der Waals surface area (Å²) < 4.78 is 49.2. The van der Waals surface area contributed by atoms with Gasteiger partial charge in [0.25, 0.3) is 0 Å². The minimum atomic E-state index is -4.51. The molecule has 0 fully saturated rings. The van der Waals surface area contributed by atoms with Crippen LogP contribution < -0.4 is 5.32 Å². The minimum Gasteiger partial charge on any atom is -0.465 e. The van der Waals surface area contributed by atoms with Crippen molar-refractivity contribution in [3.8, 4) is 0 Å². The number of esters is 1. The Balaban J connectivity index is 2.34. The van der Waals surface area contributed by atoms with Gasteiger partial charge >= 0.3 is 18.2 Å². The van der Waals surface area contributed by atoms with E-state index in [4.69, 9.17) is 9.47 Å². The summed E-state index contributed by atoms with van der Waals surface area (Å²) in [6.45, 7) is 6.40. The molecule has 1 atom stereocenters. The molecule has 10 heteroatoms. The summed E-state index contributed by atoms with van der Waals surface area (Å²) in [4.78, 5) is 39.6. The molecule has 1 N–H and O–H groups in total. The van der Waals surface area contributed by atoms with E-state index < -0.39 is 41.4 Å². The van der Waals surface area contributed by atoms with Gasteiger partial charge in [-0.3, -0.25) is 9.59 Å². The summed E-state index contributed by atoms with van der Waals surface area (Å²) in [5.41, 5.74) is -0.558. The standard InChI is InChI=1S/C26H31F3N2O5/c1-5-35-22(32)17-31(16-19-9-7-6-8-10-19)23(33)21(30-24(34)36-25(2,3)4)15-18-11-13-20(14-12-18)26(27,28)29/h6-14,21H,5,15-17H2,1-4H3,(H,30,34)/t21-/m1/s1. The van der Waals surface area contributed by atoms with E-state index in [1.165, 1.54) is 17.0 Å². The first-order valence-corrected chi connectivity index (χ1v) is 11.4. The largest absolute Gasteiger partial charge is 0.465 e. The second-order valence-corrected chi connectivity index (χ2v) is 9.08. The van der Waals surface area contributed by atoms with Crippen LogP contribution in [0.5, 0.6) is 0 Å². The molecule has 36 heavy (non-hydrogen) atoms. The van der Waals surface area contributed by atoms with E-state index in [2.05, 4.69) is 5.32 Å². The number of amides is 2. The molecule has 0 bridgehead atoms. The fraction of sp³-hybridized carbons (Fsp3) is 0.423. The van der Waals surface area contributed by atoms with Crippen molar-refractivity contribution >= 4 is 18.0 Å². The average Bonchev–Trinajstić information content (AvgIpc) is 2.77. The molecule has 0 spiro atoms. The van der Waals surface area contributed by atoms with E-state index in [1.807, 2.05) is 0 Å². The number of halogens is 3. The Morgan fingerprint density at radius 3 is 2.08 bits per heavy atom. The number of rotatable bonds is 9. The number of nitrogens with one attached hydrogen (secondary N) is 1. The zero-order valence-electron chi connectivity index (χ0n) is 20.7. The van der Waals surface area contributed by atoms with Crippen molar-refractivity contribution in [2.24, 2.45) is 0 Å². The smallest absolute Gasteiger partial charge is 0.416 e. The monoisotopic (exact) mass is 508 g/mol. The van der Waals surface area contributed by atoms with E-state index in [0.29, 0.717) is 5.56 Å². The molecule has 0 saturated carbocycles. The molecule has 0 aliphatic carbocycles. The van der Waals surface area contributed by atoms with Gasteiger partial charge in [0, 0.05) is 13.0 Å². The van der Waals surface area contributed by atoms with Gasteiger partial charge in [0.15, 0.2) is 0 Å². The quantitative estimate of drug-likeness (QED) is 0.495. The molecule has 0 heterocycles. The predicted molar refractivity (Wildman–Crippen MR) is 127 cm³/mol. The van der Waals surface area contributed by atoms with Gasteiger partial charge in [-0.1, -0.05) is 42.5 Å². The van der Waals surface area contributed by atoms with Gasteiger partial charge in [-0.25, -0.2) is 4.79 Å². The van der Waals surface area contributed by atoms with Gasteiger partial charge in [0.1, 0.15) is 18.2 Å². The maximum Gasteiger partial charge on any atom is 0.416 e. The van der Waals surface area contributed by atoms with Crippen molar-refractivity contribution in [3.63, 3.8) is 0 Å². The second-order valence-electron chi connectivity index (χ2n) is 9.08. The van der Waals surface area contributed by atoms with Crippen molar-refractivity contribution in [2.45, 2.75) is 58.5 Å². The number of alkyl halides is 3. The summed E-state index contributed by atoms with van der Waals surface area (Å²) >= 11 is 0. The van der Waals surface area contributed by atoms with Crippen molar-refractivity contribution in [2.75, 3.05) is 13.2 Å². The molecular weight excluding hydrogens is 477 g/mol. The Bertz CT molecular complexity index is 1020. The number of carbonyl (C=O) groups excluding carboxylic acids is 3. The van der Waals surface area contributed by atoms with Crippen LogP contribution in [0, 0.1) is 0 Å². The normalized spacial score (nSPS) is 12.4. The lowest BCUT2D eigenvalue weighted by molar-refractivity contribution is -0.150. The molecule has 0 aliphatic heterocycles. The van der Waals surface area contributed by atoms with Gasteiger partial charge in [-0.15, -0.1) is 0 Å². The Labute approximate surface area is 208 Å². The molecular formula is C26H31F3N2O5. The van der Waals surface area contributed by atoms with Crippen LogP contribution >= 0.6 is 0 Å². The van der Waals surface area contributed by atoms with Crippen LogP contribution in [0.3, 0.4) is 0 Å². The second kappa shape index (κ2) is 12.4. The van der Waals surface area contributed by atoms with Crippen LogP contribution in [0.1, 0.15) is 44.4 Å². The van der Waals surface area contributed by atoms with Gasteiger partial charge in [0.2, 0.25) is 5.91 Å². The molecule has 2 amide bonds. The summed E-state index contributed by atoms with van der Waals surface area (Å²) in [5, 5.41) is 2.51. The average molecular weight is 509 g/mol. The van der Waals surface area contributed by atoms with Crippen LogP contribution in [-0.4, -0.2) is 47.7 Å². The maximum absolute atomic E-state index is 13.6. The summed E-state index contributed by atoms with van der Waals surface area (Å²) in [5.74, 6) is -1.25. The third-order valence-electron chi connectivity index (χ3n) is 4.86. The highest BCUT2D eigenvalue weighted by atomic mass is 19.4. The van der Waals surface area contributed by atoms with E-state index in [1.54, 1.807) is 58.0 Å². The van der Waals surface area contributed by atoms with E-state index in [0.717, 1.165) is 17.7 Å². The van der Waals surface area contributed by atoms with Crippen molar-refractivity contribution < 1.29 is 37.0 Å². The topological polar surface area (TPSA) is 84.9 Å². The fourth-order valence-corrected chi connectivity index (χ4v) is 3.31. The number of hydrogen-bond acceptors (Lipinski definition) is 5. The van der Waals surface area contributed by atoms with Gasteiger partial charge in [0.05, 0.1) is 12.2 Å². The Morgan fingerprint density at radius 1 is 0.944 bits per heavy atom. The van der Waals surface area contributed by atoms with Gasteiger partial charge in [-0.2, -0.15) is 13.2 Å². The third-order valence-corrected chi connectivity index (χ3v) is 4.86. The number of benzene rings is 2. The van der Waals surface area contributed by atoms with Gasteiger partial charge < -0.3 is 19.7 Å². The number of ether oxygens (including phenoxy) is 2. The molecule has 2 aromatic carbocycles. The van der Waals surface area contributed by atoms with Crippen molar-refractivity contribution in [3.05, 3.63) is 71.3 Å². The lowest BCUT2D eigenvalue weighted by Gasteiger charge is -2.28. The SMILES string of the molecule is CCOC(=O)CN(Cc1ccccc1)C(=O)[C@@H](Cc1ccc(C(F)(F)F)cc1)NC(=O)OC(C)(C)C. The Kier molecular flexibility index (Phi) is 9.89.